The number of amides is 1. The molecule has 0 spiro atoms. The van der Waals surface area contributed by atoms with Crippen LogP contribution in [-0.2, 0) is 9.47 Å². The maximum absolute atomic E-state index is 12.6. The zero-order chi connectivity index (χ0) is 43.7. The van der Waals surface area contributed by atoms with Gasteiger partial charge in [-0.05, 0) is 71.3 Å². The molecule has 1 amide bonds. The van der Waals surface area contributed by atoms with Crippen molar-refractivity contribution in [1.29, 1.82) is 0 Å². The van der Waals surface area contributed by atoms with Crippen molar-refractivity contribution in [3.05, 3.63) is 152 Å². The van der Waals surface area contributed by atoms with Gasteiger partial charge in [0.25, 0.3) is 11.1 Å². The first-order valence-electron chi connectivity index (χ1n) is 19.8. The van der Waals surface area contributed by atoms with Gasteiger partial charge in [-0.15, -0.1) is 35.1 Å². The molecule has 0 radical (unpaired) electrons. The Kier molecular flexibility index (Phi) is 15.2. The zero-order valence-electron chi connectivity index (χ0n) is 33.9. The number of pyridine rings is 2. The number of nitrogens with one attached hydrogen (secondary N) is 1. The molecule has 2 aliphatic rings. The number of morpholine rings is 2. The van der Waals surface area contributed by atoms with E-state index in [0.29, 0.717) is 94.4 Å². The molecule has 0 unspecified atom stereocenters. The summed E-state index contributed by atoms with van der Waals surface area (Å²) in [7, 11) is 0. The second kappa shape index (κ2) is 21.3. The molecule has 0 atom stereocenters. The third kappa shape index (κ3) is 10.8. The van der Waals surface area contributed by atoms with Gasteiger partial charge >= 0.3 is 0 Å². The van der Waals surface area contributed by atoms with Crippen molar-refractivity contribution in [2.45, 2.75) is 0 Å². The molecule has 8 aromatic rings. The molecule has 14 nitrogen and oxygen atoms in total. The predicted molar refractivity (Wildman–Crippen MR) is 256 cm³/mol. The highest BCUT2D eigenvalue weighted by Crippen LogP contribution is 2.36. The number of hydrogen-bond donors (Lipinski definition) is 2. The van der Waals surface area contributed by atoms with E-state index in [4.69, 9.17) is 35.6 Å². The van der Waals surface area contributed by atoms with Crippen molar-refractivity contribution in [2.24, 2.45) is 0 Å². The molecule has 3 N–H and O–H groups in total. The van der Waals surface area contributed by atoms with E-state index in [-0.39, 0.29) is 29.2 Å². The zero-order valence-corrected chi connectivity index (χ0v) is 37.1. The minimum absolute atomic E-state index is 0. The lowest BCUT2D eigenvalue weighted by molar-refractivity contribution is 0.102. The largest absolute Gasteiger partial charge is 0.439 e. The highest BCUT2D eigenvalue weighted by atomic mass is 35.5. The van der Waals surface area contributed by atoms with Crippen LogP contribution in [-0.4, -0.2) is 73.7 Å². The number of carbonyl (C=O) groups is 2. The van der Waals surface area contributed by atoms with Gasteiger partial charge in [-0.25, -0.2) is 0 Å². The molecule has 8 heterocycles. The standard InChI is InChI=1S/C23H19N3O4S.C17H16N2O3S.C6H4ClNO.ClH/c27-19-13-20(26-9-11-29-12-10-26)30-21-18(14-31-22(19)21)15-1-3-17(4-2-15)25-23(28)16-5-7-24-8-6-16;18-12-3-1-11(2-4-12)13-10-23-17-14(20)9-15(22-16(13)17)19-5-7-21-8-6-19;7-6(9)5-1-3-8-4-2-5;/h1-8,13-14H,9-12H2,(H,25,28);1-4,9-10H,5-8,18H2;1-4H;1H. The van der Waals surface area contributed by atoms with Crippen LogP contribution in [0.2, 0.25) is 0 Å². The number of aromatic nitrogens is 2. The van der Waals surface area contributed by atoms with E-state index in [0.717, 1.165) is 35.3 Å². The van der Waals surface area contributed by atoms with Crippen LogP contribution in [0.1, 0.15) is 20.7 Å². The summed E-state index contributed by atoms with van der Waals surface area (Å²) in [5.74, 6) is 0.986. The van der Waals surface area contributed by atoms with Crippen LogP contribution in [0.3, 0.4) is 0 Å². The normalized spacial score (nSPS) is 13.5. The Morgan fingerprint density at radius 3 is 1.47 bits per heavy atom. The third-order valence-corrected chi connectivity index (χ3v) is 12.2. The number of nitrogens with zero attached hydrogens (tertiary/aromatic N) is 4. The van der Waals surface area contributed by atoms with Gasteiger partial charge in [-0.3, -0.25) is 29.1 Å². The molecule has 0 aliphatic carbocycles. The van der Waals surface area contributed by atoms with Crippen molar-refractivity contribution >= 4 is 102 Å². The van der Waals surface area contributed by atoms with E-state index in [1.807, 2.05) is 64.2 Å². The van der Waals surface area contributed by atoms with Gasteiger partial charge in [-0.2, -0.15) is 0 Å². The number of rotatable bonds is 7. The number of nitrogen functional groups attached to an aromatic ring is 1. The first-order chi connectivity index (χ1) is 30.7. The maximum atomic E-state index is 12.6. The molecule has 0 saturated carbocycles. The van der Waals surface area contributed by atoms with Crippen LogP contribution in [0.4, 0.5) is 23.1 Å². The summed E-state index contributed by atoms with van der Waals surface area (Å²) in [6, 6.07) is 24.7. The van der Waals surface area contributed by atoms with Crippen molar-refractivity contribution in [3.63, 3.8) is 0 Å². The van der Waals surface area contributed by atoms with Gasteiger partial charge in [0.1, 0.15) is 9.40 Å². The number of anilines is 4. The highest BCUT2D eigenvalue weighted by molar-refractivity contribution is 7.18. The Hall–Kier alpha value is -6.40. The molecular weight excluding hydrogens is 900 g/mol. The van der Waals surface area contributed by atoms with Gasteiger partial charge in [0, 0.05) is 107 Å². The van der Waals surface area contributed by atoms with Crippen molar-refractivity contribution < 1.29 is 27.9 Å². The summed E-state index contributed by atoms with van der Waals surface area (Å²) < 4.78 is 24.2. The monoisotopic (exact) mass is 938 g/mol. The topological polar surface area (TPSA) is 183 Å². The number of thiophene rings is 2. The molecule has 64 heavy (non-hydrogen) atoms. The lowest BCUT2D eigenvalue weighted by Crippen LogP contribution is -2.36. The van der Waals surface area contributed by atoms with Gasteiger partial charge in [0.15, 0.2) is 22.9 Å². The number of nitrogens with two attached hydrogens (primary N) is 1. The minimum atomic E-state index is -0.447. The van der Waals surface area contributed by atoms with Crippen LogP contribution in [0.5, 0.6) is 0 Å². The van der Waals surface area contributed by atoms with Crippen LogP contribution in [0.25, 0.3) is 42.8 Å². The molecule has 6 aromatic heterocycles. The van der Waals surface area contributed by atoms with E-state index in [1.165, 1.54) is 35.1 Å². The molecule has 0 bridgehead atoms. The van der Waals surface area contributed by atoms with E-state index in [1.54, 1.807) is 48.8 Å². The second-order valence-corrected chi connectivity index (χ2v) is 16.2. The Labute approximate surface area is 385 Å². The van der Waals surface area contributed by atoms with Gasteiger partial charge < -0.3 is 39.2 Å². The molecule has 2 aliphatic heterocycles. The SMILES string of the molecule is Cl.Nc1ccc(-c2csc3c(=O)cc(N4CCOCC4)oc23)cc1.O=C(Cl)c1ccncc1.O=C(Nc1ccc(-c2csc3c(=O)cc(N4CCOCC4)oc23)cc1)c1ccncc1. The Bertz CT molecular complexity index is 2950. The average Bonchev–Trinajstić information content (AvgIpc) is 3.97. The fourth-order valence-electron chi connectivity index (χ4n) is 6.72. The Morgan fingerprint density at radius 2 is 1.05 bits per heavy atom. The van der Waals surface area contributed by atoms with E-state index < -0.39 is 5.24 Å². The summed E-state index contributed by atoms with van der Waals surface area (Å²) in [6.45, 7) is 5.38. The fourth-order valence-corrected chi connectivity index (χ4v) is 8.67. The second-order valence-electron chi connectivity index (χ2n) is 14.1. The summed E-state index contributed by atoms with van der Waals surface area (Å²) in [4.78, 5) is 59.5. The van der Waals surface area contributed by atoms with E-state index >= 15 is 0 Å². The summed E-state index contributed by atoms with van der Waals surface area (Å²) in [6.07, 6.45) is 6.21. The first kappa shape index (κ1) is 45.6. The number of carbonyl (C=O) groups excluding carboxylic acids is 2. The molecular formula is C46H40Cl2N6O8S2. The number of halogens is 2. The number of hydrogen-bond acceptors (Lipinski definition) is 15. The molecule has 2 saturated heterocycles. The number of fused-ring (bicyclic) bond motifs is 2. The van der Waals surface area contributed by atoms with Gasteiger partial charge in [0.2, 0.25) is 10.9 Å². The van der Waals surface area contributed by atoms with Crippen molar-refractivity contribution in [3.8, 4) is 22.3 Å². The lowest BCUT2D eigenvalue weighted by Gasteiger charge is -2.27. The molecule has 2 aromatic carbocycles. The summed E-state index contributed by atoms with van der Waals surface area (Å²) in [5.41, 5.74) is 13.1. The number of benzene rings is 2. The highest BCUT2D eigenvalue weighted by Gasteiger charge is 2.20. The average molecular weight is 940 g/mol. The number of ether oxygens (including phenoxy) is 2. The van der Waals surface area contributed by atoms with Crippen LogP contribution >= 0.6 is 46.7 Å². The fraction of sp³-hybridized carbons (Fsp3) is 0.174. The van der Waals surface area contributed by atoms with E-state index in [9.17, 15) is 19.2 Å². The smallest absolute Gasteiger partial charge is 0.255 e. The molecule has 328 valence electrons. The van der Waals surface area contributed by atoms with Gasteiger partial charge in [-0.1, -0.05) is 24.3 Å². The summed E-state index contributed by atoms with van der Waals surface area (Å²) >= 11 is 7.93. The maximum Gasteiger partial charge on any atom is 0.255 e. The van der Waals surface area contributed by atoms with E-state index in [2.05, 4.69) is 20.2 Å². The van der Waals surface area contributed by atoms with Crippen LogP contribution in [0, 0.1) is 0 Å². The van der Waals surface area contributed by atoms with Crippen LogP contribution < -0.4 is 31.7 Å². The quantitative estimate of drug-likeness (QED) is 0.114. The van der Waals surface area contributed by atoms with Crippen molar-refractivity contribution in [1.82, 2.24) is 9.97 Å². The van der Waals surface area contributed by atoms with Gasteiger partial charge in [0.05, 0.1) is 26.4 Å². The van der Waals surface area contributed by atoms with Crippen molar-refractivity contribution in [2.75, 3.05) is 73.5 Å². The Morgan fingerprint density at radius 1 is 0.625 bits per heavy atom. The lowest BCUT2D eigenvalue weighted by atomic mass is 10.1. The molecule has 2 fully saturated rings. The Balaban J connectivity index is 0.000000163. The third-order valence-electron chi connectivity index (χ3n) is 10.0. The minimum Gasteiger partial charge on any atom is -0.439 e. The first-order valence-corrected chi connectivity index (χ1v) is 21.9. The molecule has 10 rings (SSSR count). The molecule has 18 heteroatoms. The van der Waals surface area contributed by atoms with Crippen LogP contribution in [0.15, 0.2) is 139 Å². The summed E-state index contributed by atoms with van der Waals surface area (Å²) in [5, 5.41) is 6.32. The predicted octanol–water partition coefficient (Wildman–Crippen LogP) is 8.83.